The van der Waals surface area contributed by atoms with Gasteiger partial charge in [0.05, 0.1) is 10.5 Å². The van der Waals surface area contributed by atoms with Crippen molar-refractivity contribution in [2.45, 2.75) is 38.5 Å². The van der Waals surface area contributed by atoms with E-state index < -0.39 is 16.0 Å². The van der Waals surface area contributed by atoms with E-state index in [0.29, 0.717) is 18.5 Å². The van der Waals surface area contributed by atoms with E-state index in [-0.39, 0.29) is 16.4 Å². The van der Waals surface area contributed by atoms with Gasteiger partial charge in [0.1, 0.15) is 0 Å². The fourth-order valence-electron chi connectivity index (χ4n) is 1.70. The number of carbonyl (C=O) groups is 1. The van der Waals surface area contributed by atoms with Gasteiger partial charge in [0.2, 0.25) is 10.0 Å². The van der Waals surface area contributed by atoms with Crippen LogP contribution in [0.2, 0.25) is 0 Å². The summed E-state index contributed by atoms with van der Waals surface area (Å²) in [4.78, 5) is 11.0. The molecule has 1 atom stereocenters. The molecule has 0 fully saturated rings. The highest BCUT2D eigenvalue weighted by Gasteiger charge is 2.20. The molecule has 0 saturated heterocycles. The molecule has 0 saturated carbocycles. The van der Waals surface area contributed by atoms with Crippen molar-refractivity contribution in [1.82, 2.24) is 4.72 Å². The minimum atomic E-state index is -3.68. The number of carboxylic acids is 1. The van der Waals surface area contributed by atoms with Gasteiger partial charge in [0.25, 0.3) is 0 Å². The lowest BCUT2D eigenvalue weighted by Gasteiger charge is -2.13. The number of hydrogen-bond acceptors (Lipinski definition) is 3. The second-order valence-electron chi connectivity index (χ2n) is 4.85. The Bertz CT molecular complexity index is 581. The van der Waals surface area contributed by atoms with Crippen molar-refractivity contribution in [3.63, 3.8) is 0 Å². The van der Waals surface area contributed by atoms with Crippen molar-refractivity contribution in [3.8, 4) is 0 Å². The van der Waals surface area contributed by atoms with E-state index in [1.54, 1.807) is 6.07 Å². The molecule has 2 N–H and O–H groups in total. The lowest BCUT2D eigenvalue weighted by molar-refractivity contribution is 0.0696. The first-order chi connectivity index (χ1) is 9.31. The molecule has 0 amide bonds. The van der Waals surface area contributed by atoms with Crippen molar-refractivity contribution in [1.29, 1.82) is 0 Å². The number of rotatable bonds is 7. The zero-order valence-electron chi connectivity index (χ0n) is 12.0. The van der Waals surface area contributed by atoms with Gasteiger partial charge in [-0.1, -0.05) is 33.3 Å². The predicted octanol–water partition coefficient (Wildman–Crippen LogP) is 2.27. The van der Waals surface area contributed by atoms with E-state index in [1.807, 2.05) is 20.8 Å². The van der Waals surface area contributed by atoms with Crippen LogP contribution >= 0.6 is 0 Å². The van der Waals surface area contributed by atoms with Crippen molar-refractivity contribution in [3.05, 3.63) is 29.3 Å². The molecule has 20 heavy (non-hydrogen) atoms. The fourth-order valence-corrected chi connectivity index (χ4v) is 3.20. The Hall–Kier alpha value is -1.40. The molecule has 6 heteroatoms. The number of nitrogens with one attached hydrogen (secondary N) is 1. The SMILES string of the molecule is CCc1ccc(C(=O)O)cc1S(=O)(=O)NCC(C)CC. The molecular formula is C14H21NO4S. The van der Waals surface area contributed by atoms with Crippen LogP contribution < -0.4 is 4.72 Å². The third-order valence-electron chi connectivity index (χ3n) is 3.30. The Labute approximate surface area is 120 Å². The Morgan fingerprint density at radius 1 is 1.35 bits per heavy atom. The first-order valence-electron chi connectivity index (χ1n) is 6.67. The number of aryl methyl sites for hydroxylation is 1. The highest BCUT2D eigenvalue weighted by molar-refractivity contribution is 7.89. The van der Waals surface area contributed by atoms with Crippen LogP contribution in [-0.2, 0) is 16.4 Å². The van der Waals surface area contributed by atoms with Gasteiger partial charge >= 0.3 is 5.97 Å². The standard InChI is InChI=1S/C14H21NO4S/c1-4-10(3)9-15-20(18,19)13-8-12(14(16)17)7-6-11(13)5-2/h6-8,10,15H,4-5,9H2,1-3H3,(H,16,17). The zero-order chi connectivity index (χ0) is 15.3. The second kappa shape index (κ2) is 6.85. The Morgan fingerprint density at radius 3 is 2.50 bits per heavy atom. The van der Waals surface area contributed by atoms with Crippen LogP contribution in [0.5, 0.6) is 0 Å². The molecule has 0 bridgehead atoms. The zero-order valence-corrected chi connectivity index (χ0v) is 12.8. The summed E-state index contributed by atoms with van der Waals surface area (Å²) in [7, 11) is -3.68. The summed E-state index contributed by atoms with van der Waals surface area (Å²) in [6.07, 6.45) is 1.40. The van der Waals surface area contributed by atoms with Crippen molar-refractivity contribution >= 4 is 16.0 Å². The molecule has 1 aromatic carbocycles. The van der Waals surface area contributed by atoms with E-state index in [2.05, 4.69) is 4.72 Å². The third kappa shape index (κ3) is 4.05. The minimum Gasteiger partial charge on any atom is -0.478 e. The number of carboxylic acid groups (broad SMARTS) is 1. The van der Waals surface area contributed by atoms with E-state index in [0.717, 1.165) is 6.42 Å². The summed E-state index contributed by atoms with van der Waals surface area (Å²) >= 11 is 0. The predicted molar refractivity (Wildman–Crippen MR) is 77.4 cm³/mol. The van der Waals surface area contributed by atoms with Gasteiger partial charge in [0.15, 0.2) is 0 Å². The number of hydrogen-bond donors (Lipinski definition) is 2. The van der Waals surface area contributed by atoms with Crippen molar-refractivity contribution in [2.24, 2.45) is 5.92 Å². The van der Waals surface area contributed by atoms with Crippen LogP contribution in [0, 0.1) is 5.92 Å². The molecule has 1 aromatic rings. The maximum atomic E-state index is 12.3. The lowest BCUT2D eigenvalue weighted by atomic mass is 10.1. The van der Waals surface area contributed by atoms with Crippen LogP contribution in [0.15, 0.2) is 23.1 Å². The Balaban J connectivity index is 3.14. The van der Waals surface area contributed by atoms with E-state index >= 15 is 0 Å². The van der Waals surface area contributed by atoms with Crippen LogP contribution in [-0.4, -0.2) is 26.0 Å². The van der Waals surface area contributed by atoms with Crippen LogP contribution in [0.3, 0.4) is 0 Å². The topological polar surface area (TPSA) is 83.5 Å². The Kier molecular flexibility index (Phi) is 5.71. The average molecular weight is 299 g/mol. The fraction of sp³-hybridized carbons (Fsp3) is 0.500. The van der Waals surface area contributed by atoms with E-state index in [1.165, 1.54) is 12.1 Å². The molecule has 0 heterocycles. The molecule has 0 aliphatic carbocycles. The molecule has 0 radical (unpaired) electrons. The summed E-state index contributed by atoms with van der Waals surface area (Å²) in [6.45, 7) is 6.13. The van der Waals surface area contributed by atoms with Gasteiger partial charge in [-0.15, -0.1) is 0 Å². The molecule has 0 spiro atoms. The summed E-state index contributed by atoms with van der Waals surface area (Å²) in [5.74, 6) is -0.900. The van der Waals surface area contributed by atoms with E-state index in [4.69, 9.17) is 5.11 Å². The molecule has 0 aliphatic rings. The average Bonchev–Trinajstić information content (AvgIpc) is 2.43. The molecule has 112 valence electrons. The molecular weight excluding hydrogens is 278 g/mol. The largest absolute Gasteiger partial charge is 0.478 e. The van der Waals surface area contributed by atoms with Gasteiger partial charge in [-0.3, -0.25) is 0 Å². The van der Waals surface area contributed by atoms with E-state index in [9.17, 15) is 13.2 Å². The minimum absolute atomic E-state index is 0.0221. The third-order valence-corrected chi connectivity index (χ3v) is 4.81. The first kappa shape index (κ1) is 16.7. The monoisotopic (exact) mass is 299 g/mol. The highest BCUT2D eigenvalue weighted by atomic mass is 32.2. The number of aromatic carboxylic acids is 1. The number of sulfonamides is 1. The van der Waals surface area contributed by atoms with Crippen molar-refractivity contribution in [2.75, 3.05) is 6.54 Å². The summed E-state index contributed by atoms with van der Waals surface area (Å²) in [6, 6.07) is 4.20. The van der Waals surface area contributed by atoms with Gasteiger partial charge in [-0.25, -0.2) is 17.9 Å². The summed E-state index contributed by atoms with van der Waals surface area (Å²) < 4.78 is 27.2. The quantitative estimate of drug-likeness (QED) is 0.809. The van der Waals surface area contributed by atoms with Gasteiger partial charge < -0.3 is 5.11 Å². The molecule has 1 rings (SSSR count). The van der Waals surface area contributed by atoms with Crippen LogP contribution in [0.4, 0.5) is 0 Å². The maximum absolute atomic E-state index is 12.3. The van der Waals surface area contributed by atoms with Gasteiger partial charge in [-0.05, 0) is 30.0 Å². The smallest absolute Gasteiger partial charge is 0.335 e. The highest BCUT2D eigenvalue weighted by Crippen LogP contribution is 2.19. The molecule has 0 aliphatic heterocycles. The Morgan fingerprint density at radius 2 is 2.00 bits per heavy atom. The molecule has 0 aromatic heterocycles. The first-order valence-corrected chi connectivity index (χ1v) is 8.16. The lowest BCUT2D eigenvalue weighted by Crippen LogP contribution is -2.29. The van der Waals surface area contributed by atoms with Crippen LogP contribution in [0.25, 0.3) is 0 Å². The molecule has 1 unspecified atom stereocenters. The summed E-state index contributed by atoms with van der Waals surface area (Å²) in [5.41, 5.74) is 0.595. The van der Waals surface area contributed by atoms with Crippen molar-refractivity contribution < 1.29 is 18.3 Å². The number of benzene rings is 1. The van der Waals surface area contributed by atoms with Gasteiger partial charge in [0, 0.05) is 6.54 Å². The molecule has 5 nitrogen and oxygen atoms in total. The van der Waals surface area contributed by atoms with Gasteiger partial charge in [-0.2, -0.15) is 0 Å². The maximum Gasteiger partial charge on any atom is 0.335 e. The second-order valence-corrected chi connectivity index (χ2v) is 6.58. The van der Waals surface area contributed by atoms with Crippen LogP contribution in [0.1, 0.15) is 43.1 Å². The summed E-state index contributed by atoms with van der Waals surface area (Å²) in [5, 5.41) is 8.98. The normalized spacial score (nSPS) is 13.2.